The highest BCUT2D eigenvalue weighted by Crippen LogP contribution is 2.23. The minimum absolute atomic E-state index is 0.597. The topological polar surface area (TPSA) is 41.1 Å². The molecule has 0 bridgehead atoms. The monoisotopic (exact) mass is 288 g/mol. The first kappa shape index (κ1) is 14.6. The number of aromatic nitrogens is 2. The molecule has 21 heavy (non-hydrogen) atoms. The van der Waals surface area contributed by atoms with Crippen molar-refractivity contribution >= 4 is 11.6 Å². The summed E-state index contributed by atoms with van der Waals surface area (Å²) in [5, 5.41) is 3.64. The number of hydrogen-bond acceptors (Lipinski definition) is 4. The van der Waals surface area contributed by atoms with E-state index in [0.717, 1.165) is 24.7 Å². The van der Waals surface area contributed by atoms with Gasteiger partial charge in [0.25, 0.3) is 0 Å². The Morgan fingerprint density at radius 2 is 1.52 bits per heavy atom. The van der Waals surface area contributed by atoms with E-state index in [1.807, 2.05) is 0 Å². The van der Waals surface area contributed by atoms with Gasteiger partial charge in [-0.2, -0.15) is 0 Å². The maximum Gasteiger partial charge on any atom is 0.134 e. The van der Waals surface area contributed by atoms with Gasteiger partial charge in [-0.15, -0.1) is 0 Å². The third-order valence-corrected chi connectivity index (χ3v) is 4.79. The van der Waals surface area contributed by atoms with Crippen LogP contribution in [0.25, 0.3) is 0 Å². The van der Waals surface area contributed by atoms with Crippen LogP contribution in [0.4, 0.5) is 11.6 Å². The maximum absolute atomic E-state index is 4.49. The summed E-state index contributed by atoms with van der Waals surface area (Å²) in [5.74, 6) is 2.11. The minimum atomic E-state index is 0.597. The van der Waals surface area contributed by atoms with E-state index in [2.05, 4.69) is 26.3 Å². The van der Waals surface area contributed by atoms with Crippen LogP contribution in [-0.2, 0) is 0 Å². The van der Waals surface area contributed by atoms with Crippen molar-refractivity contribution in [3.05, 3.63) is 12.4 Å². The Morgan fingerprint density at radius 1 is 0.857 bits per heavy atom. The molecule has 0 spiro atoms. The molecule has 1 aromatic rings. The molecule has 3 rings (SSSR count). The Morgan fingerprint density at radius 3 is 2.24 bits per heavy atom. The summed E-state index contributed by atoms with van der Waals surface area (Å²) in [5.41, 5.74) is 0. The largest absolute Gasteiger partial charge is 0.367 e. The Bertz CT molecular complexity index is 419. The van der Waals surface area contributed by atoms with Crippen LogP contribution < -0.4 is 10.2 Å². The van der Waals surface area contributed by atoms with Gasteiger partial charge in [-0.25, -0.2) is 9.97 Å². The molecule has 0 atom stereocenters. The van der Waals surface area contributed by atoms with Crippen molar-refractivity contribution < 1.29 is 0 Å². The minimum Gasteiger partial charge on any atom is -0.367 e. The van der Waals surface area contributed by atoms with Crippen molar-refractivity contribution in [3.8, 4) is 0 Å². The molecule has 1 saturated heterocycles. The van der Waals surface area contributed by atoms with Crippen molar-refractivity contribution in [2.45, 2.75) is 70.3 Å². The SMILES string of the molecule is c1nc(NC2CCCCCC2)cc(N2CCCCCC2)n1. The first-order chi connectivity index (χ1) is 10.4. The Labute approximate surface area is 128 Å². The molecule has 0 unspecified atom stereocenters. The lowest BCUT2D eigenvalue weighted by Crippen LogP contribution is -2.25. The second kappa shape index (κ2) is 7.62. The van der Waals surface area contributed by atoms with Gasteiger partial charge in [0.1, 0.15) is 18.0 Å². The van der Waals surface area contributed by atoms with Crippen LogP contribution in [0.1, 0.15) is 64.2 Å². The summed E-state index contributed by atoms with van der Waals surface area (Å²) in [6.07, 6.45) is 15.0. The fourth-order valence-electron chi connectivity index (χ4n) is 3.53. The van der Waals surface area contributed by atoms with Crippen molar-refractivity contribution in [2.24, 2.45) is 0 Å². The quantitative estimate of drug-likeness (QED) is 0.854. The molecule has 1 aromatic heterocycles. The Kier molecular flexibility index (Phi) is 5.30. The van der Waals surface area contributed by atoms with Crippen LogP contribution in [0.5, 0.6) is 0 Å². The molecule has 1 N–H and O–H groups in total. The average molecular weight is 288 g/mol. The van der Waals surface area contributed by atoms with Gasteiger partial charge in [-0.05, 0) is 25.7 Å². The van der Waals surface area contributed by atoms with Gasteiger partial charge >= 0.3 is 0 Å². The van der Waals surface area contributed by atoms with Crippen molar-refractivity contribution in [3.63, 3.8) is 0 Å². The molecule has 1 aliphatic heterocycles. The zero-order valence-corrected chi connectivity index (χ0v) is 13.1. The van der Waals surface area contributed by atoms with Gasteiger partial charge in [-0.3, -0.25) is 0 Å². The van der Waals surface area contributed by atoms with Crippen LogP contribution in [0.3, 0.4) is 0 Å². The number of nitrogens with zero attached hydrogens (tertiary/aromatic N) is 3. The fraction of sp³-hybridized carbons (Fsp3) is 0.765. The van der Waals surface area contributed by atoms with E-state index in [1.54, 1.807) is 6.33 Å². The summed E-state index contributed by atoms with van der Waals surface area (Å²) in [6.45, 7) is 2.28. The normalized spacial score (nSPS) is 21.6. The lowest BCUT2D eigenvalue weighted by atomic mass is 10.1. The van der Waals surface area contributed by atoms with E-state index in [9.17, 15) is 0 Å². The van der Waals surface area contributed by atoms with Crippen LogP contribution in [0.2, 0.25) is 0 Å². The van der Waals surface area contributed by atoms with Gasteiger partial charge in [0, 0.05) is 25.2 Å². The fourth-order valence-corrected chi connectivity index (χ4v) is 3.53. The number of hydrogen-bond donors (Lipinski definition) is 1. The van der Waals surface area contributed by atoms with Crippen molar-refractivity contribution in [1.82, 2.24) is 9.97 Å². The highest BCUT2D eigenvalue weighted by molar-refractivity contribution is 5.49. The predicted octanol–water partition coefficient (Wildman–Crippen LogP) is 3.99. The van der Waals surface area contributed by atoms with Crippen molar-refractivity contribution in [2.75, 3.05) is 23.3 Å². The second-order valence-corrected chi connectivity index (χ2v) is 6.50. The van der Waals surface area contributed by atoms with E-state index in [-0.39, 0.29) is 0 Å². The molecule has 1 saturated carbocycles. The summed E-state index contributed by atoms with van der Waals surface area (Å²) in [6, 6.07) is 2.75. The lowest BCUT2D eigenvalue weighted by molar-refractivity contribution is 0.617. The van der Waals surface area contributed by atoms with Gasteiger partial charge in [0.15, 0.2) is 0 Å². The van der Waals surface area contributed by atoms with Crippen molar-refractivity contribution in [1.29, 1.82) is 0 Å². The molecule has 2 fully saturated rings. The summed E-state index contributed by atoms with van der Waals surface area (Å²) in [4.78, 5) is 11.3. The molecule has 0 radical (unpaired) electrons. The second-order valence-electron chi connectivity index (χ2n) is 6.50. The predicted molar refractivity (Wildman–Crippen MR) is 87.8 cm³/mol. The Balaban J connectivity index is 1.64. The van der Waals surface area contributed by atoms with Crippen LogP contribution in [0, 0.1) is 0 Å². The van der Waals surface area contributed by atoms with E-state index in [0.29, 0.717) is 6.04 Å². The summed E-state index contributed by atoms with van der Waals surface area (Å²) in [7, 11) is 0. The van der Waals surface area contributed by atoms with Crippen LogP contribution >= 0.6 is 0 Å². The molecule has 2 heterocycles. The van der Waals surface area contributed by atoms with Gasteiger partial charge in [0.2, 0.25) is 0 Å². The Hall–Kier alpha value is -1.32. The van der Waals surface area contributed by atoms with E-state index in [4.69, 9.17) is 0 Å². The van der Waals surface area contributed by atoms with E-state index in [1.165, 1.54) is 64.2 Å². The molecule has 1 aliphatic carbocycles. The smallest absolute Gasteiger partial charge is 0.134 e. The zero-order valence-electron chi connectivity index (χ0n) is 13.1. The third-order valence-electron chi connectivity index (χ3n) is 4.79. The van der Waals surface area contributed by atoms with Gasteiger partial charge in [-0.1, -0.05) is 38.5 Å². The molecule has 0 aromatic carbocycles. The number of rotatable bonds is 3. The first-order valence-electron chi connectivity index (χ1n) is 8.75. The maximum atomic E-state index is 4.49. The standard InChI is InChI=1S/C17H28N4/c1-2-6-10-15(9-5-1)20-16-13-17(19-14-18-16)21-11-7-3-4-8-12-21/h13-15H,1-12H2,(H,18,19,20). The highest BCUT2D eigenvalue weighted by Gasteiger charge is 2.15. The van der Waals surface area contributed by atoms with Gasteiger partial charge < -0.3 is 10.2 Å². The first-order valence-corrected chi connectivity index (χ1v) is 8.75. The lowest BCUT2D eigenvalue weighted by Gasteiger charge is -2.22. The molecular formula is C17H28N4. The average Bonchev–Trinajstić information content (AvgIpc) is 2.92. The summed E-state index contributed by atoms with van der Waals surface area (Å²) >= 11 is 0. The molecule has 0 amide bonds. The number of anilines is 2. The molecule has 116 valence electrons. The third kappa shape index (κ3) is 4.32. The molecule has 4 nitrogen and oxygen atoms in total. The zero-order chi connectivity index (χ0) is 14.3. The van der Waals surface area contributed by atoms with E-state index >= 15 is 0 Å². The molecule has 2 aliphatic rings. The molecular weight excluding hydrogens is 260 g/mol. The van der Waals surface area contributed by atoms with Gasteiger partial charge in [0.05, 0.1) is 0 Å². The van der Waals surface area contributed by atoms with Crippen LogP contribution in [-0.4, -0.2) is 29.1 Å². The van der Waals surface area contributed by atoms with E-state index < -0.39 is 0 Å². The highest BCUT2D eigenvalue weighted by atomic mass is 15.2. The van der Waals surface area contributed by atoms with Crippen LogP contribution in [0.15, 0.2) is 12.4 Å². The molecule has 4 heteroatoms. The summed E-state index contributed by atoms with van der Waals surface area (Å²) < 4.78 is 0. The number of nitrogens with one attached hydrogen (secondary N) is 1.